The second-order valence-corrected chi connectivity index (χ2v) is 4.21. The second-order valence-electron chi connectivity index (χ2n) is 2.61. The van der Waals surface area contributed by atoms with Gasteiger partial charge in [0.2, 0.25) is 0 Å². The second kappa shape index (κ2) is 3.23. The maximum absolute atomic E-state index is 9.72. The average Bonchev–Trinajstić information content (AvgIpc) is 2.36. The molecule has 0 spiro atoms. The first-order valence-electron chi connectivity index (χ1n) is 3.22. The molecule has 0 amide bonds. The molecule has 62 valence electrons. The van der Waals surface area contributed by atoms with Crippen molar-refractivity contribution in [2.45, 2.75) is 12.5 Å². The average molecular weight is 236 g/mol. The van der Waals surface area contributed by atoms with Crippen molar-refractivity contribution in [1.29, 1.82) is 0 Å². The molecule has 2 nitrogen and oxygen atoms in total. The summed E-state index contributed by atoms with van der Waals surface area (Å²) in [6.45, 7) is 1.95. The molecule has 1 rings (SSSR count). The van der Waals surface area contributed by atoms with E-state index < -0.39 is 5.60 Å². The van der Waals surface area contributed by atoms with E-state index in [1.165, 1.54) is 0 Å². The summed E-state index contributed by atoms with van der Waals surface area (Å²) in [5.74, 6) is 0. The van der Waals surface area contributed by atoms with Gasteiger partial charge >= 0.3 is 0 Å². The van der Waals surface area contributed by atoms with Gasteiger partial charge in [-0.2, -0.15) is 11.3 Å². The van der Waals surface area contributed by atoms with Crippen molar-refractivity contribution in [2.75, 3.05) is 6.54 Å². The number of thiophene rings is 1. The molecule has 3 N–H and O–H groups in total. The van der Waals surface area contributed by atoms with Crippen molar-refractivity contribution in [3.05, 3.63) is 20.8 Å². The molecule has 0 aliphatic heterocycles. The summed E-state index contributed by atoms with van der Waals surface area (Å²) in [5.41, 5.74) is 5.36. The minimum atomic E-state index is -0.904. The molecule has 1 aromatic rings. The highest BCUT2D eigenvalue weighted by Crippen LogP contribution is 2.30. The van der Waals surface area contributed by atoms with E-state index in [1.54, 1.807) is 18.3 Å². The Balaban J connectivity index is 3.00. The molecule has 4 heteroatoms. The molecule has 0 aliphatic rings. The molecule has 11 heavy (non-hydrogen) atoms. The van der Waals surface area contributed by atoms with Gasteiger partial charge in [-0.05, 0) is 28.2 Å². The van der Waals surface area contributed by atoms with Gasteiger partial charge in [0.15, 0.2) is 0 Å². The van der Waals surface area contributed by atoms with Crippen LogP contribution < -0.4 is 5.73 Å². The van der Waals surface area contributed by atoms with E-state index in [0.29, 0.717) is 0 Å². The van der Waals surface area contributed by atoms with Crippen LogP contribution in [-0.4, -0.2) is 11.7 Å². The van der Waals surface area contributed by atoms with Crippen LogP contribution in [0.15, 0.2) is 15.2 Å². The summed E-state index contributed by atoms with van der Waals surface area (Å²) < 4.78 is 0.929. The Kier molecular flexibility index (Phi) is 2.70. The van der Waals surface area contributed by atoms with Gasteiger partial charge in [0.05, 0.1) is 0 Å². The van der Waals surface area contributed by atoms with Gasteiger partial charge in [0, 0.05) is 22.0 Å². The van der Waals surface area contributed by atoms with Gasteiger partial charge in [0.1, 0.15) is 5.60 Å². The predicted molar refractivity (Wildman–Crippen MR) is 50.6 cm³/mol. The lowest BCUT2D eigenvalue weighted by molar-refractivity contribution is 0.0666. The number of aliphatic hydroxyl groups is 1. The molecule has 0 bridgehead atoms. The Morgan fingerprint density at radius 3 is 2.73 bits per heavy atom. The fraction of sp³-hybridized carbons (Fsp3) is 0.429. The van der Waals surface area contributed by atoms with E-state index in [2.05, 4.69) is 15.9 Å². The molecule has 0 fully saturated rings. The zero-order valence-corrected chi connectivity index (χ0v) is 8.58. The van der Waals surface area contributed by atoms with Gasteiger partial charge in [-0.3, -0.25) is 0 Å². The van der Waals surface area contributed by atoms with Crippen molar-refractivity contribution in [2.24, 2.45) is 5.73 Å². The lowest BCUT2D eigenvalue weighted by Crippen LogP contribution is -2.31. The van der Waals surface area contributed by atoms with Crippen LogP contribution in [0.1, 0.15) is 12.5 Å². The Bertz CT molecular complexity index is 246. The standard InChI is InChI=1S/C7H10BrNOS/c1-7(10,4-9)5-2-11-3-6(5)8/h2-3,10H,4,9H2,1H3. The van der Waals surface area contributed by atoms with Crippen molar-refractivity contribution >= 4 is 27.3 Å². The molecular weight excluding hydrogens is 226 g/mol. The third-order valence-corrected chi connectivity index (χ3v) is 3.30. The monoisotopic (exact) mass is 235 g/mol. The molecule has 0 saturated heterocycles. The smallest absolute Gasteiger partial charge is 0.101 e. The third-order valence-electron chi connectivity index (χ3n) is 1.59. The Hall–Kier alpha value is 0.100. The summed E-state index contributed by atoms with van der Waals surface area (Å²) in [6, 6.07) is 0. The molecule has 0 saturated carbocycles. The van der Waals surface area contributed by atoms with Crippen LogP contribution in [0.4, 0.5) is 0 Å². The molecule has 1 atom stereocenters. The van der Waals surface area contributed by atoms with E-state index in [0.717, 1.165) is 10.0 Å². The zero-order valence-electron chi connectivity index (χ0n) is 6.17. The summed E-state index contributed by atoms with van der Waals surface area (Å²) in [5, 5.41) is 13.5. The number of rotatable bonds is 2. The molecule has 0 aromatic carbocycles. The molecule has 1 aromatic heterocycles. The quantitative estimate of drug-likeness (QED) is 0.820. The Morgan fingerprint density at radius 1 is 1.73 bits per heavy atom. The van der Waals surface area contributed by atoms with E-state index in [9.17, 15) is 5.11 Å². The minimum absolute atomic E-state index is 0.238. The summed E-state index contributed by atoms with van der Waals surface area (Å²) in [4.78, 5) is 0. The van der Waals surface area contributed by atoms with E-state index >= 15 is 0 Å². The number of hydrogen-bond acceptors (Lipinski definition) is 3. The fourth-order valence-electron chi connectivity index (χ4n) is 0.776. The SMILES string of the molecule is CC(O)(CN)c1cscc1Br. The van der Waals surface area contributed by atoms with Crippen LogP contribution in [0.2, 0.25) is 0 Å². The Morgan fingerprint density at radius 2 is 2.36 bits per heavy atom. The van der Waals surface area contributed by atoms with E-state index in [-0.39, 0.29) is 6.54 Å². The van der Waals surface area contributed by atoms with Crippen LogP contribution in [0.3, 0.4) is 0 Å². The van der Waals surface area contributed by atoms with Crippen LogP contribution in [0.5, 0.6) is 0 Å². The lowest BCUT2D eigenvalue weighted by Gasteiger charge is -2.20. The van der Waals surface area contributed by atoms with Crippen LogP contribution >= 0.6 is 27.3 Å². The largest absolute Gasteiger partial charge is 0.384 e. The first-order valence-corrected chi connectivity index (χ1v) is 4.96. The maximum atomic E-state index is 9.72. The summed E-state index contributed by atoms with van der Waals surface area (Å²) >= 11 is 4.88. The highest BCUT2D eigenvalue weighted by Gasteiger charge is 2.23. The summed E-state index contributed by atoms with van der Waals surface area (Å²) in [6.07, 6.45) is 0. The normalized spacial score (nSPS) is 16.4. The first-order chi connectivity index (χ1) is 5.08. The van der Waals surface area contributed by atoms with E-state index in [4.69, 9.17) is 5.73 Å². The van der Waals surface area contributed by atoms with Gasteiger partial charge in [-0.15, -0.1) is 0 Å². The van der Waals surface area contributed by atoms with Crippen molar-refractivity contribution in [1.82, 2.24) is 0 Å². The summed E-state index contributed by atoms with van der Waals surface area (Å²) in [7, 11) is 0. The number of hydrogen-bond donors (Lipinski definition) is 2. The fourth-order valence-corrected chi connectivity index (χ4v) is 2.62. The van der Waals surface area contributed by atoms with Gasteiger partial charge < -0.3 is 10.8 Å². The highest BCUT2D eigenvalue weighted by molar-refractivity contribution is 9.10. The van der Waals surface area contributed by atoms with Crippen molar-refractivity contribution < 1.29 is 5.11 Å². The molecular formula is C7H10BrNOS. The van der Waals surface area contributed by atoms with Crippen molar-refractivity contribution in [3.8, 4) is 0 Å². The number of halogens is 1. The molecule has 0 aliphatic carbocycles. The molecule has 0 radical (unpaired) electrons. The van der Waals surface area contributed by atoms with Gasteiger partial charge in [-0.1, -0.05) is 0 Å². The van der Waals surface area contributed by atoms with Gasteiger partial charge in [0.25, 0.3) is 0 Å². The molecule has 1 unspecified atom stereocenters. The molecule has 1 heterocycles. The topological polar surface area (TPSA) is 46.2 Å². The predicted octanol–water partition coefficient (Wildman–Crippen LogP) is 1.68. The van der Waals surface area contributed by atoms with Crippen LogP contribution in [0.25, 0.3) is 0 Å². The highest BCUT2D eigenvalue weighted by atomic mass is 79.9. The van der Waals surface area contributed by atoms with Crippen LogP contribution in [-0.2, 0) is 5.60 Å². The van der Waals surface area contributed by atoms with Gasteiger partial charge in [-0.25, -0.2) is 0 Å². The Labute approximate surface area is 78.2 Å². The van der Waals surface area contributed by atoms with E-state index in [1.807, 2.05) is 10.8 Å². The number of nitrogens with two attached hydrogens (primary N) is 1. The van der Waals surface area contributed by atoms with Crippen LogP contribution in [0, 0.1) is 0 Å². The maximum Gasteiger partial charge on any atom is 0.101 e. The first kappa shape index (κ1) is 9.19. The lowest BCUT2D eigenvalue weighted by atomic mass is 10.00. The third kappa shape index (κ3) is 1.82. The zero-order chi connectivity index (χ0) is 8.48. The minimum Gasteiger partial charge on any atom is -0.384 e. The van der Waals surface area contributed by atoms with Crippen molar-refractivity contribution in [3.63, 3.8) is 0 Å².